The van der Waals surface area contributed by atoms with Crippen LogP contribution in [0.1, 0.15) is 19.8 Å². The van der Waals surface area contributed by atoms with Gasteiger partial charge in [-0.05, 0) is 35.7 Å². The number of nitrogens with one attached hydrogen (secondary N) is 1. The number of carbonyl (C=O) groups excluding carboxylic acids is 1. The Morgan fingerprint density at radius 1 is 1.52 bits per heavy atom. The first-order valence-electron chi connectivity index (χ1n) is 7.04. The van der Waals surface area contributed by atoms with E-state index in [9.17, 15) is 9.59 Å². The number of rotatable bonds is 5. The van der Waals surface area contributed by atoms with E-state index in [1.54, 1.807) is 6.20 Å². The van der Waals surface area contributed by atoms with E-state index >= 15 is 0 Å². The first-order valence-corrected chi connectivity index (χ1v) is 7.83. The molecule has 0 bridgehead atoms. The van der Waals surface area contributed by atoms with Crippen molar-refractivity contribution in [2.24, 2.45) is 5.73 Å². The van der Waals surface area contributed by atoms with Gasteiger partial charge in [-0.3, -0.25) is 14.5 Å². The summed E-state index contributed by atoms with van der Waals surface area (Å²) in [5.74, 6) is -0.295. The van der Waals surface area contributed by atoms with E-state index in [0.717, 1.165) is 31.6 Å². The number of nitrogens with two attached hydrogens (primary N) is 1. The molecule has 1 aliphatic rings. The van der Waals surface area contributed by atoms with Crippen LogP contribution in [0, 0.1) is 0 Å². The fourth-order valence-corrected chi connectivity index (χ4v) is 2.89. The van der Waals surface area contributed by atoms with Gasteiger partial charge in [0, 0.05) is 25.7 Å². The Bertz CT molecular complexity index is 566. The van der Waals surface area contributed by atoms with Gasteiger partial charge >= 0.3 is 0 Å². The molecule has 0 spiro atoms. The maximum atomic E-state index is 12.0. The summed E-state index contributed by atoms with van der Waals surface area (Å²) in [4.78, 5) is 24.9. The number of likely N-dealkylation sites (tertiary alicyclic amines) is 1. The summed E-state index contributed by atoms with van der Waals surface area (Å²) in [7, 11) is 0. The number of nitrogens with zero attached hydrogens (tertiary/aromatic N) is 3. The first-order chi connectivity index (χ1) is 10.0. The number of anilines is 1. The van der Waals surface area contributed by atoms with Gasteiger partial charge in [0.2, 0.25) is 5.91 Å². The van der Waals surface area contributed by atoms with Crippen LogP contribution >= 0.6 is 15.9 Å². The Hall–Kier alpha value is -1.41. The van der Waals surface area contributed by atoms with Crippen molar-refractivity contribution in [3.63, 3.8) is 0 Å². The number of aryl methyl sites for hydroxylation is 1. The monoisotopic (exact) mass is 357 g/mol. The minimum absolute atomic E-state index is 0.131. The summed E-state index contributed by atoms with van der Waals surface area (Å²) in [6.45, 7) is 4.37. The van der Waals surface area contributed by atoms with Gasteiger partial charge in [-0.15, -0.1) is 0 Å². The van der Waals surface area contributed by atoms with Gasteiger partial charge in [0.05, 0.1) is 18.4 Å². The van der Waals surface area contributed by atoms with Crippen molar-refractivity contribution in [1.82, 2.24) is 14.7 Å². The largest absolute Gasteiger partial charge is 0.380 e. The molecule has 1 amide bonds. The average molecular weight is 358 g/mol. The van der Waals surface area contributed by atoms with E-state index in [0.29, 0.717) is 17.6 Å². The summed E-state index contributed by atoms with van der Waals surface area (Å²) in [6.07, 6.45) is 3.47. The molecule has 1 aromatic rings. The average Bonchev–Trinajstić information content (AvgIpc) is 2.45. The highest BCUT2D eigenvalue weighted by molar-refractivity contribution is 9.10. The zero-order chi connectivity index (χ0) is 15.4. The smallest absolute Gasteiger partial charge is 0.283 e. The van der Waals surface area contributed by atoms with Gasteiger partial charge in [0.15, 0.2) is 0 Å². The Kier molecular flexibility index (Phi) is 5.35. The minimum atomic E-state index is -0.295. The third-order valence-electron chi connectivity index (χ3n) is 3.61. The van der Waals surface area contributed by atoms with Crippen LogP contribution in [-0.2, 0) is 11.3 Å². The lowest BCUT2D eigenvalue weighted by atomic mass is 10.0. The summed E-state index contributed by atoms with van der Waals surface area (Å²) in [5.41, 5.74) is 5.79. The molecule has 21 heavy (non-hydrogen) atoms. The molecule has 2 rings (SSSR count). The topological polar surface area (TPSA) is 93.2 Å². The third-order valence-corrected chi connectivity index (χ3v) is 4.38. The Labute approximate surface area is 131 Å². The molecule has 1 saturated heterocycles. The standard InChI is InChI=1S/C13H20BrN5O2/c1-2-19-13(21)12(14)10(7-16-19)17-9-3-5-18(6-4-9)8-11(15)20/h7,9,17H,2-6,8H2,1H3,(H2,15,20). The Balaban J connectivity index is 1.96. The molecular weight excluding hydrogens is 338 g/mol. The first kappa shape index (κ1) is 16.0. The van der Waals surface area contributed by atoms with Crippen molar-refractivity contribution in [2.75, 3.05) is 25.0 Å². The highest BCUT2D eigenvalue weighted by Crippen LogP contribution is 2.21. The van der Waals surface area contributed by atoms with Crippen LogP contribution in [0.4, 0.5) is 5.69 Å². The quantitative estimate of drug-likeness (QED) is 0.794. The Morgan fingerprint density at radius 3 is 2.76 bits per heavy atom. The van der Waals surface area contributed by atoms with Crippen molar-refractivity contribution in [1.29, 1.82) is 0 Å². The van der Waals surface area contributed by atoms with E-state index < -0.39 is 0 Å². The van der Waals surface area contributed by atoms with E-state index in [4.69, 9.17) is 5.73 Å². The molecule has 3 N–H and O–H groups in total. The van der Waals surface area contributed by atoms with Crippen molar-refractivity contribution in [3.05, 3.63) is 21.0 Å². The molecular formula is C13H20BrN5O2. The number of amides is 1. The number of aromatic nitrogens is 2. The zero-order valence-corrected chi connectivity index (χ0v) is 13.6. The predicted octanol–water partition coefficient (Wildman–Crippen LogP) is 0.387. The molecule has 0 saturated carbocycles. The molecule has 2 heterocycles. The molecule has 0 unspecified atom stereocenters. The van der Waals surface area contributed by atoms with Crippen LogP contribution < -0.4 is 16.6 Å². The molecule has 0 radical (unpaired) electrons. The maximum Gasteiger partial charge on any atom is 0.283 e. The highest BCUT2D eigenvalue weighted by atomic mass is 79.9. The van der Waals surface area contributed by atoms with Gasteiger partial charge in [-0.1, -0.05) is 0 Å². The lowest BCUT2D eigenvalue weighted by Crippen LogP contribution is -2.43. The molecule has 7 nitrogen and oxygen atoms in total. The highest BCUT2D eigenvalue weighted by Gasteiger charge is 2.21. The second-order valence-corrected chi connectivity index (χ2v) is 5.95. The van der Waals surface area contributed by atoms with Crippen LogP contribution in [0.15, 0.2) is 15.5 Å². The second-order valence-electron chi connectivity index (χ2n) is 5.15. The van der Waals surface area contributed by atoms with E-state index in [-0.39, 0.29) is 17.5 Å². The van der Waals surface area contributed by atoms with Crippen molar-refractivity contribution >= 4 is 27.5 Å². The fraction of sp³-hybridized carbons (Fsp3) is 0.615. The molecule has 0 aliphatic carbocycles. The van der Waals surface area contributed by atoms with Gasteiger partial charge in [-0.2, -0.15) is 5.10 Å². The van der Waals surface area contributed by atoms with Gasteiger partial charge in [-0.25, -0.2) is 4.68 Å². The van der Waals surface area contributed by atoms with Gasteiger partial charge in [0.25, 0.3) is 5.56 Å². The number of hydrogen-bond acceptors (Lipinski definition) is 5. The molecule has 1 aromatic heterocycles. The van der Waals surface area contributed by atoms with Crippen molar-refractivity contribution in [2.45, 2.75) is 32.4 Å². The van der Waals surface area contributed by atoms with Crippen LogP contribution in [-0.4, -0.2) is 46.3 Å². The SMILES string of the molecule is CCn1ncc(NC2CCN(CC(N)=O)CC2)c(Br)c1=O. The predicted molar refractivity (Wildman–Crippen MR) is 84.2 cm³/mol. The fourth-order valence-electron chi connectivity index (χ4n) is 2.47. The number of hydrogen-bond donors (Lipinski definition) is 2. The second kappa shape index (κ2) is 7.04. The maximum absolute atomic E-state index is 12.0. The third kappa shape index (κ3) is 4.04. The van der Waals surface area contributed by atoms with Crippen LogP contribution in [0.2, 0.25) is 0 Å². The lowest BCUT2D eigenvalue weighted by molar-refractivity contribution is -0.119. The van der Waals surface area contributed by atoms with E-state index in [1.165, 1.54) is 4.68 Å². The van der Waals surface area contributed by atoms with Crippen molar-refractivity contribution in [3.8, 4) is 0 Å². The van der Waals surface area contributed by atoms with Gasteiger partial charge in [0.1, 0.15) is 4.47 Å². The zero-order valence-electron chi connectivity index (χ0n) is 12.0. The number of piperidine rings is 1. The number of halogens is 1. The number of carbonyl (C=O) groups is 1. The number of primary amides is 1. The van der Waals surface area contributed by atoms with Crippen molar-refractivity contribution < 1.29 is 4.79 Å². The van der Waals surface area contributed by atoms with Gasteiger partial charge < -0.3 is 11.1 Å². The van der Waals surface area contributed by atoms with Crippen LogP contribution in [0.5, 0.6) is 0 Å². The summed E-state index contributed by atoms with van der Waals surface area (Å²) >= 11 is 3.34. The van der Waals surface area contributed by atoms with E-state index in [2.05, 4.69) is 26.3 Å². The van der Waals surface area contributed by atoms with E-state index in [1.807, 2.05) is 11.8 Å². The van der Waals surface area contributed by atoms with Crippen LogP contribution in [0.3, 0.4) is 0 Å². The summed E-state index contributed by atoms with van der Waals surface area (Å²) in [6, 6.07) is 0.268. The normalized spacial score (nSPS) is 16.9. The molecule has 1 aliphatic heterocycles. The molecule has 1 fully saturated rings. The Morgan fingerprint density at radius 2 is 2.19 bits per heavy atom. The summed E-state index contributed by atoms with van der Waals surface area (Å²) < 4.78 is 1.92. The molecule has 0 atom stereocenters. The lowest BCUT2D eigenvalue weighted by Gasteiger charge is -2.32. The molecule has 116 valence electrons. The molecule has 8 heteroatoms. The van der Waals surface area contributed by atoms with Crippen LogP contribution in [0.25, 0.3) is 0 Å². The minimum Gasteiger partial charge on any atom is -0.380 e. The summed E-state index contributed by atoms with van der Waals surface area (Å²) in [5, 5.41) is 7.47. The molecule has 0 aromatic carbocycles.